The van der Waals surface area contributed by atoms with Crippen molar-refractivity contribution in [2.75, 3.05) is 6.54 Å². The van der Waals surface area contributed by atoms with Gasteiger partial charge in [-0.3, -0.25) is 14.0 Å². The van der Waals surface area contributed by atoms with E-state index in [-0.39, 0.29) is 23.4 Å². The summed E-state index contributed by atoms with van der Waals surface area (Å²) in [6.07, 6.45) is 5.94. The van der Waals surface area contributed by atoms with Gasteiger partial charge in [0.25, 0.3) is 11.8 Å². The molecular weight excluding hydrogens is 328 g/mol. The third-order valence-corrected chi connectivity index (χ3v) is 4.80. The minimum Gasteiger partial charge on any atom is -0.346 e. The van der Waals surface area contributed by atoms with Gasteiger partial charge in [0.15, 0.2) is 5.69 Å². The van der Waals surface area contributed by atoms with Crippen LogP contribution in [0.3, 0.4) is 0 Å². The maximum Gasteiger partial charge on any atom is 0.290 e. The van der Waals surface area contributed by atoms with Crippen molar-refractivity contribution >= 4 is 17.3 Å². The fraction of sp³-hybridized carbons (Fsp3) is 0.550. The van der Waals surface area contributed by atoms with E-state index < -0.39 is 0 Å². The number of pyridine rings is 1. The molecule has 0 bridgehead atoms. The van der Waals surface area contributed by atoms with E-state index in [0.717, 1.165) is 32.2 Å². The van der Waals surface area contributed by atoms with E-state index in [4.69, 9.17) is 0 Å². The predicted molar refractivity (Wildman–Crippen MR) is 101 cm³/mol. The molecule has 0 radical (unpaired) electrons. The molecule has 2 amide bonds. The van der Waals surface area contributed by atoms with Crippen molar-refractivity contribution in [3.05, 3.63) is 35.9 Å². The summed E-state index contributed by atoms with van der Waals surface area (Å²) in [5, 5.41) is 2.94. The van der Waals surface area contributed by atoms with E-state index in [9.17, 15) is 9.59 Å². The topological polar surface area (TPSA) is 66.7 Å². The van der Waals surface area contributed by atoms with Crippen molar-refractivity contribution in [3.63, 3.8) is 0 Å². The average Bonchev–Trinajstić information content (AvgIpc) is 2.99. The highest BCUT2D eigenvalue weighted by atomic mass is 16.2. The van der Waals surface area contributed by atoms with Gasteiger partial charge in [0.2, 0.25) is 5.82 Å². The van der Waals surface area contributed by atoms with Gasteiger partial charge in [-0.15, -0.1) is 0 Å². The molecule has 1 unspecified atom stereocenters. The predicted octanol–water partition coefficient (Wildman–Crippen LogP) is 3.27. The summed E-state index contributed by atoms with van der Waals surface area (Å²) in [6, 6.07) is 5.79. The normalized spacial score (nSPS) is 18.2. The van der Waals surface area contributed by atoms with Gasteiger partial charge in [-0.1, -0.05) is 13.0 Å². The first kappa shape index (κ1) is 18.4. The Kier molecular flexibility index (Phi) is 5.03. The Morgan fingerprint density at radius 2 is 2.04 bits per heavy atom. The number of likely N-dealkylation sites (tertiary alicyclic amines) is 1. The zero-order valence-electron chi connectivity index (χ0n) is 16.1. The second kappa shape index (κ2) is 7.09. The lowest BCUT2D eigenvalue weighted by molar-refractivity contribution is 0.0594. The van der Waals surface area contributed by atoms with Crippen LogP contribution in [0, 0.1) is 0 Å². The molecule has 0 spiro atoms. The summed E-state index contributed by atoms with van der Waals surface area (Å²) in [6.45, 7) is 8.64. The van der Waals surface area contributed by atoms with Crippen LogP contribution in [-0.2, 0) is 0 Å². The quantitative estimate of drug-likeness (QED) is 0.918. The molecule has 0 aliphatic carbocycles. The molecule has 6 heteroatoms. The number of carbonyl (C=O) groups is 2. The van der Waals surface area contributed by atoms with Gasteiger partial charge in [0.1, 0.15) is 0 Å². The summed E-state index contributed by atoms with van der Waals surface area (Å²) in [5.74, 6) is -0.0292. The highest BCUT2D eigenvalue weighted by Crippen LogP contribution is 2.23. The van der Waals surface area contributed by atoms with Crippen LogP contribution in [-0.4, -0.2) is 44.2 Å². The van der Waals surface area contributed by atoms with Gasteiger partial charge in [-0.05, 0) is 58.6 Å². The monoisotopic (exact) mass is 356 g/mol. The average molecular weight is 356 g/mol. The Balaban J connectivity index is 2.01. The molecule has 6 nitrogen and oxygen atoms in total. The Hall–Kier alpha value is -2.37. The van der Waals surface area contributed by atoms with Gasteiger partial charge in [-0.25, -0.2) is 4.98 Å². The van der Waals surface area contributed by atoms with E-state index in [0.29, 0.717) is 17.0 Å². The minimum absolute atomic E-state index is 0.0902. The molecular formula is C20H28N4O2. The number of hydrogen-bond donors (Lipinski definition) is 1. The summed E-state index contributed by atoms with van der Waals surface area (Å²) < 4.78 is 1.74. The van der Waals surface area contributed by atoms with Crippen LogP contribution in [0.25, 0.3) is 5.52 Å². The lowest BCUT2D eigenvalue weighted by atomic mass is 10.00. The van der Waals surface area contributed by atoms with E-state index >= 15 is 0 Å². The fourth-order valence-electron chi connectivity index (χ4n) is 3.58. The van der Waals surface area contributed by atoms with E-state index in [1.165, 1.54) is 0 Å². The van der Waals surface area contributed by atoms with Gasteiger partial charge in [0, 0.05) is 24.3 Å². The smallest absolute Gasteiger partial charge is 0.290 e. The number of amides is 2. The van der Waals surface area contributed by atoms with Crippen LogP contribution >= 0.6 is 0 Å². The SMILES string of the molecule is CCC1CCCCN1C(=O)c1nc(C(=O)NC(C)(C)C)c2ccccn12. The van der Waals surface area contributed by atoms with Crippen molar-refractivity contribution < 1.29 is 9.59 Å². The Morgan fingerprint density at radius 1 is 1.27 bits per heavy atom. The van der Waals surface area contributed by atoms with Crippen LogP contribution in [0.4, 0.5) is 0 Å². The molecule has 1 atom stereocenters. The number of imidazole rings is 1. The molecule has 3 heterocycles. The van der Waals surface area contributed by atoms with Crippen LogP contribution in [0.2, 0.25) is 0 Å². The first-order valence-electron chi connectivity index (χ1n) is 9.42. The lowest BCUT2D eigenvalue weighted by Crippen LogP contribution is -2.44. The summed E-state index contributed by atoms with van der Waals surface area (Å²) in [7, 11) is 0. The minimum atomic E-state index is -0.369. The number of nitrogens with one attached hydrogen (secondary N) is 1. The molecule has 1 aliphatic heterocycles. The van der Waals surface area contributed by atoms with Gasteiger partial charge in [-0.2, -0.15) is 0 Å². The number of piperidine rings is 1. The van der Waals surface area contributed by atoms with Crippen molar-refractivity contribution in [1.82, 2.24) is 19.6 Å². The molecule has 3 rings (SSSR count). The van der Waals surface area contributed by atoms with Gasteiger partial charge < -0.3 is 10.2 Å². The second-order valence-electron chi connectivity index (χ2n) is 8.00. The van der Waals surface area contributed by atoms with Crippen LogP contribution in [0.15, 0.2) is 24.4 Å². The van der Waals surface area contributed by atoms with Crippen LogP contribution in [0.5, 0.6) is 0 Å². The number of aromatic nitrogens is 2. The number of fused-ring (bicyclic) bond motifs is 1. The molecule has 2 aromatic heterocycles. The van der Waals surface area contributed by atoms with Gasteiger partial charge in [0.05, 0.1) is 5.52 Å². The first-order chi connectivity index (χ1) is 12.3. The van der Waals surface area contributed by atoms with Crippen LogP contribution in [0.1, 0.15) is 74.5 Å². The van der Waals surface area contributed by atoms with Crippen molar-refractivity contribution in [2.45, 2.75) is 65.0 Å². The van der Waals surface area contributed by atoms with E-state index in [1.54, 1.807) is 10.6 Å². The molecule has 1 fully saturated rings. The molecule has 0 saturated carbocycles. The highest BCUT2D eigenvalue weighted by Gasteiger charge is 2.31. The zero-order chi connectivity index (χ0) is 18.9. The summed E-state index contributed by atoms with van der Waals surface area (Å²) in [5.41, 5.74) is 0.586. The highest BCUT2D eigenvalue weighted by molar-refractivity contribution is 6.02. The van der Waals surface area contributed by atoms with Crippen molar-refractivity contribution in [3.8, 4) is 0 Å². The maximum absolute atomic E-state index is 13.2. The number of carbonyl (C=O) groups excluding carboxylic acids is 2. The Labute approximate surface area is 154 Å². The summed E-state index contributed by atoms with van der Waals surface area (Å²) >= 11 is 0. The van der Waals surface area contributed by atoms with Gasteiger partial charge >= 0.3 is 0 Å². The van der Waals surface area contributed by atoms with E-state index in [1.807, 2.05) is 43.9 Å². The lowest BCUT2D eigenvalue weighted by Gasteiger charge is -2.34. The fourth-order valence-corrected chi connectivity index (χ4v) is 3.58. The number of nitrogens with zero attached hydrogens (tertiary/aromatic N) is 3. The molecule has 26 heavy (non-hydrogen) atoms. The molecule has 1 aliphatic rings. The Morgan fingerprint density at radius 3 is 2.73 bits per heavy atom. The maximum atomic E-state index is 13.2. The zero-order valence-corrected chi connectivity index (χ0v) is 16.1. The standard InChI is InChI=1S/C20H28N4O2/c1-5-14-10-6-8-12-23(14)19(26)17-21-16(18(25)22-20(2,3)4)15-11-7-9-13-24(15)17/h7,9,11,13-14H,5-6,8,10,12H2,1-4H3,(H,22,25). The second-order valence-corrected chi connectivity index (χ2v) is 8.00. The van der Waals surface area contributed by atoms with Crippen molar-refractivity contribution in [2.24, 2.45) is 0 Å². The first-order valence-corrected chi connectivity index (χ1v) is 9.42. The molecule has 1 saturated heterocycles. The van der Waals surface area contributed by atoms with Crippen LogP contribution < -0.4 is 5.32 Å². The largest absolute Gasteiger partial charge is 0.346 e. The number of rotatable bonds is 3. The number of hydrogen-bond acceptors (Lipinski definition) is 3. The molecule has 1 N–H and O–H groups in total. The Bertz CT molecular complexity index is 819. The molecule has 0 aromatic carbocycles. The summed E-state index contributed by atoms with van der Waals surface area (Å²) in [4.78, 5) is 32.3. The molecule has 2 aromatic rings. The van der Waals surface area contributed by atoms with E-state index in [2.05, 4.69) is 17.2 Å². The third kappa shape index (κ3) is 3.59. The molecule has 140 valence electrons. The van der Waals surface area contributed by atoms with Crippen molar-refractivity contribution in [1.29, 1.82) is 0 Å². The third-order valence-electron chi connectivity index (χ3n) is 4.80.